The number of benzene rings is 1. The molecular formula is C11H14FNO3. The summed E-state index contributed by atoms with van der Waals surface area (Å²) < 4.78 is 23.3. The normalized spacial score (nSPS) is 10.0. The van der Waals surface area contributed by atoms with Gasteiger partial charge in [-0.3, -0.25) is 4.79 Å². The maximum atomic E-state index is 13.5. The first kappa shape index (κ1) is 12.4. The quantitative estimate of drug-likeness (QED) is 0.772. The molecule has 0 spiro atoms. The highest BCUT2D eigenvalue weighted by Gasteiger charge is 2.15. The van der Waals surface area contributed by atoms with Crippen molar-refractivity contribution in [3.05, 3.63) is 23.5 Å². The molecule has 0 heterocycles. The molecule has 1 aromatic carbocycles. The number of hydrogen-bond acceptors (Lipinski definition) is 4. The first-order chi connectivity index (χ1) is 7.63. The summed E-state index contributed by atoms with van der Waals surface area (Å²) in [4.78, 5) is 11.5. The molecule has 0 aliphatic rings. The predicted molar refractivity (Wildman–Crippen MR) is 57.5 cm³/mol. The Bertz CT molecular complexity index is 393. The third kappa shape index (κ3) is 2.49. The fourth-order valence-corrected chi connectivity index (χ4v) is 1.35. The van der Waals surface area contributed by atoms with E-state index in [-0.39, 0.29) is 35.8 Å². The van der Waals surface area contributed by atoms with Gasteiger partial charge in [-0.15, -0.1) is 0 Å². The van der Waals surface area contributed by atoms with Gasteiger partial charge in [0.25, 0.3) is 0 Å². The molecule has 0 unspecified atom stereocenters. The van der Waals surface area contributed by atoms with Crippen molar-refractivity contribution in [3.63, 3.8) is 0 Å². The van der Waals surface area contributed by atoms with Gasteiger partial charge < -0.3 is 15.2 Å². The Labute approximate surface area is 93.2 Å². The minimum absolute atomic E-state index is 0.00759. The monoisotopic (exact) mass is 227 g/mol. The molecule has 16 heavy (non-hydrogen) atoms. The van der Waals surface area contributed by atoms with E-state index in [1.807, 2.05) is 0 Å². The fourth-order valence-electron chi connectivity index (χ4n) is 1.35. The lowest BCUT2D eigenvalue weighted by Crippen LogP contribution is -2.09. The van der Waals surface area contributed by atoms with E-state index in [0.717, 1.165) is 6.07 Å². The lowest BCUT2D eigenvalue weighted by molar-refractivity contribution is 0.0984. The Kier molecular flexibility index (Phi) is 4.25. The molecule has 0 fully saturated rings. The highest BCUT2D eigenvalue weighted by molar-refractivity contribution is 5.96. The SMILES string of the molecule is COc1cc(C(=O)CCN)cc(F)c1OC. The zero-order valence-corrected chi connectivity index (χ0v) is 9.25. The Balaban J connectivity index is 3.15. The number of ether oxygens (including phenoxy) is 2. The number of methoxy groups -OCH3 is 2. The van der Waals surface area contributed by atoms with E-state index in [0.29, 0.717) is 0 Å². The van der Waals surface area contributed by atoms with Crippen LogP contribution in [0.4, 0.5) is 4.39 Å². The van der Waals surface area contributed by atoms with Crippen LogP contribution in [0.2, 0.25) is 0 Å². The van der Waals surface area contributed by atoms with Crippen molar-refractivity contribution in [3.8, 4) is 11.5 Å². The van der Waals surface area contributed by atoms with Crippen molar-refractivity contribution < 1.29 is 18.7 Å². The molecule has 2 N–H and O–H groups in total. The number of halogens is 1. The van der Waals surface area contributed by atoms with Crippen LogP contribution in [0.3, 0.4) is 0 Å². The van der Waals surface area contributed by atoms with E-state index in [9.17, 15) is 9.18 Å². The number of Topliss-reactive ketones (excluding diaryl/α,β-unsaturated/α-hetero) is 1. The van der Waals surface area contributed by atoms with Crippen molar-refractivity contribution >= 4 is 5.78 Å². The second-order valence-corrected chi connectivity index (χ2v) is 3.16. The molecular weight excluding hydrogens is 213 g/mol. The molecule has 5 heteroatoms. The molecule has 0 aliphatic heterocycles. The molecule has 4 nitrogen and oxygen atoms in total. The lowest BCUT2D eigenvalue weighted by atomic mass is 10.1. The van der Waals surface area contributed by atoms with E-state index in [2.05, 4.69) is 0 Å². The van der Waals surface area contributed by atoms with Crippen LogP contribution in [0.25, 0.3) is 0 Å². The van der Waals surface area contributed by atoms with Gasteiger partial charge in [-0.2, -0.15) is 0 Å². The zero-order valence-electron chi connectivity index (χ0n) is 9.25. The van der Waals surface area contributed by atoms with Gasteiger partial charge in [-0.05, 0) is 18.7 Å². The smallest absolute Gasteiger partial charge is 0.196 e. The lowest BCUT2D eigenvalue weighted by Gasteiger charge is -2.10. The predicted octanol–water partition coefficient (Wildman–Crippen LogP) is 1.37. The summed E-state index contributed by atoms with van der Waals surface area (Å²) in [7, 11) is 2.72. The molecule has 0 bridgehead atoms. The summed E-state index contributed by atoms with van der Waals surface area (Å²) in [5, 5.41) is 0. The van der Waals surface area contributed by atoms with Gasteiger partial charge in [0.15, 0.2) is 23.1 Å². The summed E-state index contributed by atoms with van der Waals surface area (Å²) in [6.45, 7) is 0.231. The third-order valence-corrected chi connectivity index (χ3v) is 2.13. The summed E-state index contributed by atoms with van der Waals surface area (Å²) in [6, 6.07) is 2.57. The molecule has 88 valence electrons. The number of carbonyl (C=O) groups is 1. The number of carbonyl (C=O) groups excluding carboxylic acids is 1. The van der Waals surface area contributed by atoms with E-state index >= 15 is 0 Å². The first-order valence-electron chi connectivity index (χ1n) is 4.78. The van der Waals surface area contributed by atoms with Crippen LogP contribution >= 0.6 is 0 Å². The Morgan fingerprint density at radius 2 is 2.06 bits per heavy atom. The molecule has 0 radical (unpaired) electrons. The molecule has 1 rings (SSSR count). The molecule has 0 aromatic heterocycles. The van der Waals surface area contributed by atoms with Crippen molar-refractivity contribution in [2.24, 2.45) is 5.73 Å². The van der Waals surface area contributed by atoms with Crippen molar-refractivity contribution in [1.82, 2.24) is 0 Å². The third-order valence-electron chi connectivity index (χ3n) is 2.13. The van der Waals surface area contributed by atoms with Crippen molar-refractivity contribution in [2.75, 3.05) is 20.8 Å². The van der Waals surface area contributed by atoms with E-state index in [4.69, 9.17) is 15.2 Å². The minimum atomic E-state index is -0.623. The number of nitrogens with two attached hydrogens (primary N) is 1. The average molecular weight is 227 g/mol. The molecule has 0 aliphatic carbocycles. The van der Waals surface area contributed by atoms with Crippen LogP contribution in [-0.4, -0.2) is 26.5 Å². The molecule has 0 saturated heterocycles. The minimum Gasteiger partial charge on any atom is -0.493 e. The van der Waals surface area contributed by atoms with Crippen molar-refractivity contribution in [2.45, 2.75) is 6.42 Å². The Hall–Kier alpha value is -1.62. The summed E-state index contributed by atoms with van der Waals surface area (Å²) in [5.41, 5.74) is 5.50. The van der Waals surface area contributed by atoms with Crippen molar-refractivity contribution in [1.29, 1.82) is 0 Å². The Morgan fingerprint density at radius 1 is 1.38 bits per heavy atom. The topological polar surface area (TPSA) is 61.5 Å². The highest BCUT2D eigenvalue weighted by Crippen LogP contribution is 2.31. The van der Waals surface area contributed by atoms with E-state index in [1.54, 1.807) is 0 Å². The van der Waals surface area contributed by atoms with Crippen LogP contribution < -0.4 is 15.2 Å². The van der Waals surface area contributed by atoms with Gasteiger partial charge in [0.05, 0.1) is 14.2 Å². The number of hydrogen-bond donors (Lipinski definition) is 1. The zero-order chi connectivity index (χ0) is 12.1. The van der Waals surface area contributed by atoms with E-state index < -0.39 is 5.82 Å². The standard InChI is InChI=1S/C11H14FNO3/c1-15-10-6-7(9(14)3-4-13)5-8(12)11(10)16-2/h5-6H,3-4,13H2,1-2H3. The van der Waals surface area contributed by atoms with Gasteiger partial charge in [-0.1, -0.05) is 0 Å². The van der Waals surface area contributed by atoms with Crippen LogP contribution in [0, 0.1) is 5.82 Å². The van der Waals surface area contributed by atoms with Crippen LogP contribution in [0.1, 0.15) is 16.8 Å². The van der Waals surface area contributed by atoms with E-state index in [1.165, 1.54) is 20.3 Å². The van der Waals surface area contributed by atoms with Gasteiger partial charge in [0.2, 0.25) is 0 Å². The van der Waals surface area contributed by atoms with Gasteiger partial charge in [-0.25, -0.2) is 4.39 Å². The molecule has 0 saturated carbocycles. The summed E-state index contributed by atoms with van der Waals surface area (Å²) in [6.07, 6.45) is 0.176. The fraction of sp³-hybridized carbons (Fsp3) is 0.364. The maximum Gasteiger partial charge on any atom is 0.196 e. The van der Waals surface area contributed by atoms with Gasteiger partial charge in [0, 0.05) is 12.0 Å². The molecule has 0 atom stereocenters. The van der Waals surface area contributed by atoms with Crippen LogP contribution in [0.5, 0.6) is 11.5 Å². The maximum absolute atomic E-state index is 13.5. The summed E-state index contributed by atoms with van der Waals surface area (Å²) >= 11 is 0. The molecule has 1 aromatic rings. The average Bonchev–Trinajstić information content (AvgIpc) is 2.28. The van der Waals surface area contributed by atoms with Crippen LogP contribution in [0.15, 0.2) is 12.1 Å². The second kappa shape index (κ2) is 5.46. The number of ketones is 1. The molecule has 0 amide bonds. The largest absolute Gasteiger partial charge is 0.493 e. The number of rotatable bonds is 5. The van der Waals surface area contributed by atoms with Crippen LogP contribution in [-0.2, 0) is 0 Å². The van der Waals surface area contributed by atoms with Gasteiger partial charge >= 0.3 is 0 Å². The van der Waals surface area contributed by atoms with Gasteiger partial charge in [0.1, 0.15) is 0 Å². The second-order valence-electron chi connectivity index (χ2n) is 3.16. The highest BCUT2D eigenvalue weighted by atomic mass is 19.1. The Morgan fingerprint density at radius 3 is 2.56 bits per heavy atom. The first-order valence-corrected chi connectivity index (χ1v) is 4.78. The summed E-state index contributed by atoms with van der Waals surface area (Å²) in [5.74, 6) is -0.653.